The minimum atomic E-state index is -0.112. The number of aromatic nitrogens is 1. The minimum absolute atomic E-state index is 0.112. The summed E-state index contributed by atoms with van der Waals surface area (Å²) in [5.74, 6) is 5.63. The number of carbonyl (C=O) groups excluding carboxylic acids is 1. The molecule has 1 aromatic carbocycles. The Hall–Kier alpha value is -2.64. The Morgan fingerprint density at radius 3 is 2.86 bits per heavy atom. The molecule has 1 heterocycles. The van der Waals surface area contributed by atoms with Gasteiger partial charge in [-0.1, -0.05) is 30.0 Å². The summed E-state index contributed by atoms with van der Waals surface area (Å²) in [7, 11) is 0. The van der Waals surface area contributed by atoms with Gasteiger partial charge in [-0.2, -0.15) is 0 Å². The highest BCUT2D eigenvalue weighted by molar-refractivity contribution is 5.93. The average Bonchev–Trinajstić information content (AvgIpc) is 2.49. The molecule has 1 aromatic heterocycles. The van der Waals surface area contributed by atoms with E-state index >= 15 is 0 Å². The van der Waals surface area contributed by atoms with Gasteiger partial charge in [0.15, 0.2) is 0 Å². The monoisotopic (exact) mass is 279 g/mol. The Morgan fingerprint density at radius 2 is 2.10 bits per heavy atom. The number of benzene rings is 1. The van der Waals surface area contributed by atoms with Gasteiger partial charge in [-0.3, -0.25) is 9.78 Å². The summed E-state index contributed by atoms with van der Waals surface area (Å²) in [4.78, 5) is 16.4. The first-order valence-electron chi connectivity index (χ1n) is 6.69. The highest BCUT2D eigenvalue weighted by Gasteiger charge is 2.08. The molecule has 0 aliphatic rings. The van der Waals surface area contributed by atoms with E-state index in [0.717, 1.165) is 16.8 Å². The van der Waals surface area contributed by atoms with Gasteiger partial charge >= 0.3 is 0 Å². The van der Waals surface area contributed by atoms with E-state index in [1.165, 1.54) is 0 Å². The number of nitrogens with one attached hydrogen (secondary N) is 1. The van der Waals surface area contributed by atoms with Crippen molar-refractivity contribution in [3.8, 4) is 11.8 Å². The maximum absolute atomic E-state index is 12.1. The first-order valence-corrected chi connectivity index (χ1v) is 6.69. The number of carbonyl (C=O) groups is 1. The summed E-state index contributed by atoms with van der Waals surface area (Å²) in [5, 5.41) is 2.87. The van der Waals surface area contributed by atoms with Crippen LogP contribution in [0.2, 0.25) is 0 Å². The Morgan fingerprint density at radius 1 is 1.29 bits per heavy atom. The number of hydrogen-bond acceptors (Lipinski definition) is 3. The van der Waals surface area contributed by atoms with E-state index in [4.69, 9.17) is 5.73 Å². The third kappa shape index (κ3) is 4.16. The van der Waals surface area contributed by atoms with Crippen molar-refractivity contribution in [1.82, 2.24) is 4.98 Å². The molecule has 0 spiro atoms. The van der Waals surface area contributed by atoms with E-state index in [0.29, 0.717) is 5.69 Å². The first-order chi connectivity index (χ1) is 10.2. The molecular weight excluding hydrogens is 262 g/mol. The van der Waals surface area contributed by atoms with Gasteiger partial charge in [0, 0.05) is 11.8 Å². The number of aryl methyl sites for hydroxylation is 1. The number of pyridine rings is 1. The molecule has 0 saturated heterocycles. The molecule has 21 heavy (non-hydrogen) atoms. The van der Waals surface area contributed by atoms with Crippen LogP contribution < -0.4 is 11.1 Å². The Balaban J connectivity index is 2.12. The number of anilines is 1. The van der Waals surface area contributed by atoms with Crippen LogP contribution in [0, 0.1) is 18.8 Å². The number of nitrogens with two attached hydrogens (primary N) is 1. The lowest BCUT2D eigenvalue weighted by atomic mass is 10.1. The maximum Gasteiger partial charge on any atom is 0.230 e. The van der Waals surface area contributed by atoms with E-state index < -0.39 is 0 Å². The average molecular weight is 279 g/mol. The summed E-state index contributed by atoms with van der Waals surface area (Å²) in [6.07, 6.45) is 1.93. The second kappa shape index (κ2) is 7.22. The lowest BCUT2D eigenvalue weighted by Crippen LogP contribution is -2.16. The largest absolute Gasteiger partial charge is 0.325 e. The highest BCUT2D eigenvalue weighted by atomic mass is 16.1. The molecule has 4 nitrogen and oxygen atoms in total. The van der Waals surface area contributed by atoms with Crippen LogP contribution in [0.1, 0.15) is 16.8 Å². The van der Waals surface area contributed by atoms with Gasteiger partial charge in [-0.05, 0) is 30.7 Å². The van der Waals surface area contributed by atoms with Gasteiger partial charge in [0.25, 0.3) is 0 Å². The van der Waals surface area contributed by atoms with Crippen molar-refractivity contribution in [1.29, 1.82) is 0 Å². The van der Waals surface area contributed by atoms with Crippen molar-refractivity contribution in [2.75, 3.05) is 11.9 Å². The summed E-state index contributed by atoms with van der Waals surface area (Å²) < 4.78 is 0. The van der Waals surface area contributed by atoms with E-state index in [1.807, 2.05) is 43.3 Å². The second-order valence-corrected chi connectivity index (χ2v) is 4.54. The first kappa shape index (κ1) is 14.8. The smallest absolute Gasteiger partial charge is 0.230 e. The molecule has 1 amide bonds. The molecule has 0 fully saturated rings. The Kier molecular flexibility index (Phi) is 5.08. The third-order valence-electron chi connectivity index (χ3n) is 2.97. The van der Waals surface area contributed by atoms with Gasteiger partial charge in [0.05, 0.1) is 24.3 Å². The molecule has 2 rings (SSSR count). The van der Waals surface area contributed by atoms with Gasteiger partial charge < -0.3 is 11.1 Å². The predicted octanol–water partition coefficient (Wildman–Crippen LogP) is 1.88. The molecule has 0 aliphatic heterocycles. The molecule has 0 atom stereocenters. The fourth-order valence-electron chi connectivity index (χ4n) is 1.90. The van der Waals surface area contributed by atoms with E-state index in [-0.39, 0.29) is 18.9 Å². The van der Waals surface area contributed by atoms with Crippen molar-refractivity contribution < 1.29 is 4.79 Å². The molecule has 0 saturated carbocycles. The molecule has 4 heteroatoms. The minimum Gasteiger partial charge on any atom is -0.325 e. The van der Waals surface area contributed by atoms with Gasteiger partial charge in [-0.15, -0.1) is 0 Å². The number of rotatable bonds is 3. The molecule has 2 aromatic rings. The topological polar surface area (TPSA) is 68.0 Å². The van der Waals surface area contributed by atoms with Crippen molar-refractivity contribution >= 4 is 11.6 Å². The second-order valence-electron chi connectivity index (χ2n) is 4.54. The lowest BCUT2D eigenvalue weighted by molar-refractivity contribution is -0.115. The van der Waals surface area contributed by atoms with Gasteiger partial charge in [-0.25, -0.2) is 0 Å². The summed E-state index contributed by atoms with van der Waals surface area (Å²) in [6.45, 7) is 2.23. The van der Waals surface area contributed by atoms with Crippen molar-refractivity contribution in [3.63, 3.8) is 0 Å². The fraction of sp³-hybridized carbons (Fsp3) is 0.176. The molecule has 0 radical (unpaired) electrons. The number of nitrogens with zero attached hydrogens (tertiary/aromatic N) is 1. The van der Waals surface area contributed by atoms with Gasteiger partial charge in [0.2, 0.25) is 5.91 Å². The van der Waals surface area contributed by atoms with Crippen molar-refractivity contribution in [2.24, 2.45) is 5.73 Å². The quantitative estimate of drug-likeness (QED) is 0.843. The zero-order valence-electron chi connectivity index (χ0n) is 11.9. The lowest BCUT2D eigenvalue weighted by Gasteiger charge is -2.08. The fourth-order valence-corrected chi connectivity index (χ4v) is 1.90. The van der Waals surface area contributed by atoms with Crippen LogP contribution >= 0.6 is 0 Å². The molecular formula is C17H17N3O. The number of hydrogen-bond donors (Lipinski definition) is 2. The third-order valence-corrected chi connectivity index (χ3v) is 2.97. The Bertz CT molecular complexity index is 698. The molecule has 3 N–H and O–H groups in total. The summed E-state index contributed by atoms with van der Waals surface area (Å²) >= 11 is 0. The SMILES string of the molecule is Cc1cccnc1CC(=O)Nc1ccccc1C#CCN. The normalized spacial score (nSPS) is 9.62. The van der Waals surface area contributed by atoms with E-state index in [1.54, 1.807) is 6.20 Å². The molecule has 0 unspecified atom stereocenters. The standard InChI is InChI=1S/C17H17N3O/c1-13-6-5-11-19-16(13)12-17(21)20-15-9-3-2-7-14(15)8-4-10-18/h2-3,5-7,9,11H,10,12,18H2,1H3,(H,20,21). The maximum atomic E-state index is 12.1. The van der Waals surface area contributed by atoms with Crippen LogP contribution in [0.3, 0.4) is 0 Å². The summed E-state index contributed by atoms with van der Waals surface area (Å²) in [6, 6.07) is 11.2. The van der Waals surface area contributed by atoms with Crippen LogP contribution in [0.4, 0.5) is 5.69 Å². The van der Waals surface area contributed by atoms with Gasteiger partial charge in [0.1, 0.15) is 0 Å². The molecule has 0 bridgehead atoms. The predicted molar refractivity (Wildman–Crippen MR) is 83.7 cm³/mol. The Labute approximate surface area is 124 Å². The van der Waals surface area contributed by atoms with Crippen LogP contribution in [-0.4, -0.2) is 17.4 Å². The van der Waals surface area contributed by atoms with Crippen LogP contribution in [0.25, 0.3) is 0 Å². The summed E-state index contributed by atoms with van der Waals surface area (Å²) in [5.41, 5.74) is 8.61. The van der Waals surface area contributed by atoms with Crippen molar-refractivity contribution in [3.05, 3.63) is 59.4 Å². The van der Waals surface area contributed by atoms with Crippen LogP contribution in [0.15, 0.2) is 42.6 Å². The number of amides is 1. The zero-order chi connectivity index (χ0) is 15.1. The van der Waals surface area contributed by atoms with E-state index in [9.17, 15) is 4.79 Å². The highest BCUT2D eigenvalue weighted by Crippen LogP contribution is 2.14. The zero-order valence-corrected chi connectivity index (χ0v) is 11.9. The van der Waals surface area contributed by atoms with Crippen molar-refractivity contribution in [2.45, 2.75) is 13.3 Å². The van der Waals surface area contributed by atoms with E-state index in [2.05, 4.69) is 22.1 Å². The van der Waals surface area contributed by atoms with Crippen LogP contribution in [-0.2, 0) is 11.2 Å². The van der Waals surface area contributed by atoms with Crippen LogP contribution in [0.5, 0.6) is 0 Å². The molecule has 106 valence electrons. The number of para-hydroxylation sites is 1. The molecule has 0 aliphatic carbocycles.